The predicted octanol–water partition coefficient (Wildman–Crippen LogP) is 0.254. The molecule has 0 heterocycles. The fraction of sp³-hybridized carbons (Fsp3) is 0.400. The van der Waals surface area contributed by atoms with E-state index in [2.05, 4.69) is 9.56 Å². The normalized spacial score (nSPS) is 11.4. The molecule has 0 aliphatic heterocycles. The Bertz CT molecular complexity index is 430. The number of nitrogens with two attached hydrogens (primary N) is 1. The van der Waals surface area contributed by atoms with Crippen LogP contribution in [0.3, 0.4) is 0 Å². The maximum absolute atomic E-state index is 11.6. The van der Waals surface area contributed by atoms with Gasteiger partial charge in [-0.3, -0.25) is 0 Å². The molecule has 6 nitrogen and oxygen atoms in total. The first kappa shape index (κ1) is 13.9. The summed E-state index contributed by atoms with van der Waals surface area (Å²) >= 11 is 0. The van der Waals surface area contributed by atoms with Crippen molar-refractivity contribution in [3.63, 3.8) is 0 Å². The minimum absolute atomic E-state index is 0.210. The van der Waals surface area contributed by atoms with E-state index in [-0.39, 0.29) is 11.5 Å². The first-order valence-electron chi connectivity index (χ1n) is 5.14. The van der Waals surface area contributed by atoms with Gasteiger partial charge in [-0.05, 0) is 24.3 Å². The van der Waals surface area contributed by atoms with E-state index in [1.807, 2.05) is 0 Å². The van der Waals surface area contributed by atoms with Crippen LogP contribution in [0.15, 0.2) is 29.2 Å². The topological polar surface area (TPSA) is 90.7 Å². The molecular weight excluding hydrogens is 244 g/mol. The standard InChI is InChI=1S/C10H16N2O4S/c1-2-12-17(13,14)10-5-3-9(4-6-10)15-7-8-16-11/h3-6,12H,2,7-8,11H2,1H3. The van der Waals surface area contributed by atoms with Crippen LogP contribution in [0.4, 0.5) is 0 Å². The van der Waals surface area contributed by atoms with Crippen LogP contribution in [0.5, 0.6) is 5.75 Å². The Balaban J connectivity index is 2.68. The van der Waals surface area contributed by atoms with E-state index in [4.69, 9.17) is 10.6 Å². The molecule has 1 aromatic carbocycles. The van der Waals surface area contributed by atoms with Crippen LogP contribution in [0, 0.1) is 0 Å². The zero-order valence-corrected chi connectivity index (χ0v) is 10.4. The molecule has 17 heavy (non-hydrogen) atoms. The molecule has 0 saturated carbocycles. The van der Waals surface area contributed by atoms with E-state index < -0.39 is 10.0 Å². The lowest BCUT2D eigenvalue weighted by Gasteiger charge is -2.07. The highest BCUT2D eigenvalue weighted by molar-refractivity contribution is 7.89. The molecule has 0 atom stereocenters. The summed E-state index contributed by atoms with van der Waals surface area (Å²) in [5.41, 5.74) is 0. The third kappa shape index (κ3) is 4.31. The number of ether oxygens (including phenoxy) is 1. The largest absolute Gasteiger partial charge is 0.491 e. The van der Waals surface area contributed by atoms with Gasteiger partial charge in [0.05, 0.1) is 4.90 Å². The lowest BCUT2D eigenvalue weighted by atomic mass is 10.3. The maximum atomic E-state index is 11.6. The number of nitrogens with one attached hydrogen (secondary N) is 1. The van der Waals surface area contributed by atoms with Crippen LogP contribution >= 0.6 is 0 Å². The van der Waals surface area contributed by atoms with Gasteiger partial charge in [-0.2, -0.15) is 0 Å². The Hall–Kier alpha value is -1.15. The van der Waals surface area contributed by atoms with Crippen molar-refractivity contribution < 1.29 is 18.0 Å². The second-order valence-electron chi connectivity index (χ2n) is 3.19. The number of hydrogen-bond acceptors (Lipinski definition) is 5. The van der Waals surface area contributed by atoms with Crippen LogP contribution in [0.1, 0.15) is 6.92 Å². The second kappa shape index (κ2) is 6.55. The zero-order chi connectivity index (χ0) is 12.7. The van der Waals surface area contributed by atoms with Gasteiger partial charge in [0.2, 0.25) is 10.0 Å². The van der Waals surface area contributed by atoms with E-state index in [9.17, 15) is 8.42 Å². The molecule has 3 N–H and O–H groups in total. The van der Waals surface area contributed by atoms with E-state index in [0.717, 1.165) is 0 Å². The van der Waals surface area contributed by atoms with Crippen LogP contribution in [-0.2, 0) is 14.9 Å². The molecule has 0 radical (unpaired) electrons. The van der Waals surface area contributed by atoms with Gasteiger partial charge in [0, 0.05) is 6.54 Å². The van der Waals surface area contributed by atoms with E-state index >= 15 is 0 Å². The van der Waals surface area contributed by atoms with Crippen molar-refractivity contribution in [3.8, 4) is 5.75 Å². The molecule has 0 aromatic heterocycles. The Morgan fingerprint density at radius 1 is 1.24 bits per heavy atom. The van der Waals surface area contributed by atoms with Gasteiger partial charge in [0.1, 0.15) is 19.0 Å². The summed E-state index contributed by atoms with van der Waals surface area (Å²) in [7, 11) is -3.40. The number of sulfonamides is 1. The molecule has 1 aromatic rings. The van der Waals surface area contributed by atoms with Gasteiger partial charge in [-0.1, -0.05) is 6.92 Å². The van der Waals surface area contributed by atoms with Crippen molar-refractivity contribution in [2.75, 3.05) is 19.8 Å². The van der Waals surface area contributed by atoms with Gasteiger partial charge in [-0.15, -0.1) is 0 Å². The highest BCUT2D eigenvalue weighted by Gasteiger charge is 2.11. The van der Waals surface area contributed by atoms with Crippen molar-refractivity contribution in [2.24, 2.45) is 5.90 Å². The van der Waals surface area contributed by atoms with Crippen molar-refractivity contribution >= 4 is 10.0 Å². The summed E-state index contributed by atoms with van der Waals surface area (Å²) in [6, 6.07) is 6.13. The summed E-state index contributed by atoms with van der Waals surface area (Å²) in [5, 5.41) is 0. The first-order chi connectivity index (χ1) is 8.10. The summed E-state index contributed by atoms with van der Waals surface area (Å²) in [4.78, 5) is 4.55. The van der Waals surface area contributed by atoms with Crippen molar-refractivity contribution in [1.29, 1.82) is 0 Å². The Kier molecular flexibility index (Phi) is 5.36. The fourth-order valence-electron chi connectivity index (χ4n) is 1.20. The van der Waals surface area contributed by atoms with E-state index in [0.29, 0.717) is 18.9 Å². The molecule has 7 heteroatoms. The van der Waals surface area contributed by atoms with Crippen molar-refractivity contribution in [1.82, 2.24) is 4.72 Å². The number of rotatable bonds is 7. The monoisotopic (exact) mass is 260 g/mol. The van der Waals surface area contributed by atoms with Crippen LogP contribution < -0.4 is 15.4 Å². The van der Waals surface area contributed by atoms with Crippen LogP contribution in [-0.4, -0.2) is 28.2 Å². The maximum Gasteiger partial charge on any atom is 0.240 e. The minimum atomic E-state index is -3.40. The molecule has 0 spiro atoms. The summed E-state index contributed by atoms with van der Waals surface area (Å²) in [6.45, 7) is 2.67. The highest BCUT2D eigenvalue weighted by atomic mass is 32.2. The molecule has 0 amide bonds. The smallest absolute Gasteiger partial charge is 0.240 e. The molecule has 0 unspecified atom stereocenters. The predicted molar refractivity (Wildman–Crippen MR) is 62.9 cm³/mol. The molecule has 0 fully saturated rings. The molecule has 96 valence electrons. The number of benzene rings is 1. The summed E-state index contributed by atoms with van der Waals surface area (Å²) in [5.74, 6) is 5.41. The van der Waals surface area contributed by atoms with Gasteiger partial charge < -0.3 is 9.57 Å². The van der Waals surface area contributed by atoms with E-state index in [1.54, 1.807) is 19.1 Å². The molecule has 0 aliphatic rings. The van der Waals surface area contributed by atoms with Gasteiger partial charge in [-0.25, -0.2) is 19.0 Å². The molecule has 0 saturated heterocycles. The SMILES string of the molecule is CCNS(=O)(=O)c1ccc(OCCON)cc1. The van der Waals surface area contributed by atoms with Crippen molar-refractivity contribution in [3.05, 3.63) is 24.3 Å². The van der Waals surface area contributed by atoms with Gasteiger partial charge in [0.15, 0.2) is 0 Å². The molecule has 1 rings (SSSR count). The lowest BCUT2D eigenvalue weighted by Crippen LogP contribution is -2.23. The first-order valence-corrected chi connectivity index (χ1v) is 6.62. The van der Waals surface area contributed by atoms with Crippen molar-refractivity contribution in [2.45, 2.75) is 11.8 Å². The quantitative estimate of drug-likeness (QED) is 0.542. The third-order valence-corrected chi connectivity index (χ3v) is 3.50. The molecule has 0 bridgehead atoms. The average Bonchev–Trinajstić information content (AvgIpc) is 2.30. The van der Waals surface area contributed by atoms with Gasteiger partial charge >= 0.3 is 0 Å². The zero-order valence-electron chi connectivity index (χ0n) is 9.55. The van der Waals surface area contributed by atoms with Crippen LogP contribution in [0.2, 0.25) is 0 Å². The average molecular weight is 260 g/mol. The Labute approximate surface area is 101 Å². The summed E-state index contributed by atoms with van der Waals surface area (Å²) in [6.07, 6.45) is 0. The molecule has 0 aliphatic carbocycles. The van der Waals surface area contributed by atoms with Crippen LogP contribution in [0.25, 0.3) is 0 Å². The van der Waals surface area contributed by atoms with E-state index in [1.165, 1.54) is 12.1 Å². The Morgan fingerprint density at radius 3 is 2.41 bits per heavy atom. The van der Waals surface area contributed by atoms with Gasteiger partial charge in [0.25, 0.3) is 0 Å². The lowest BCUT2D eigenvalue weighted by molar-refractivity contribution is 0.102. The minimum Gasteiger partial charge on any atom is -0.491 e. The second-order valence-corrected chi connectivity index (χ2v) is 4.96. The Morgan fingerprint density at radius 2 is 1.88 bits per heavy atom. The highest BCUT2D eigenvalue weighted by Crippen LogP contribution is 2.15. The molecular formula is C10H16N2O4S. The third-order valence-electron chi connectivity index (χ3n) is 1.94. The fourth-order valence-corrected chi connectivity index (χ4v) is 2.24. The summed E-state index contributed by atoms with van der Waals surface area (Å²) < 4.78 is 30.9. The number of hydrogen-bond donors (Lipinski definition) is 2.